The zero-order chi connectivity index (χ0) is 17.1. The van der Waals surface area contributed by atoms with E-state index < -0.39 is 0 Å². The Labute approximate surface area is 142 Å². The van der Waals surface area contributed by atoms with Crippen LogP contribution in [0.5, 0.6) is 0 Å². The fourth-order valence-corrected chi connectivity index (χ4v) is 3.38. The first kappa shape index (κ1) is 16.7. The Morgan fingerprint density at radius 3 is 2.50 bits per heavy atom. The molecule has 0 aliphatic carbocycles. The minimum atomic E-state index is 0.158. The molecule has 5 heteroatoms. The van der Waals surface area contributed by atoms with Gasteiger partial charge in [-0.15, -0.1) is 0 Å². The van der Waals surface area contributed by atoms with Gasteiger partial charge < -0.3 is 10.0 Å². The lowest BCUT2D eigenvalue weighted by Gasteiger charge is -2.31. The minimum absolute atomic E-state index is 0.158. The van der Waals surface area contributed by atoms with E-state index in [-0.39, 0.29) is 12.5 Å². The van der Waals surface area contributed by atoms with Crippen LogP contribution in [0.2, 0.25) is 0 Å². The summed E-state index contributed by atoms with van der Waals surface area (Å²) in [5.74, 6) is 0.503. The molecule has 1 amide bonds. The summed E-state index contributed by atoms with van der Waals surface area (Å²) < 4.78 is 1.91. The number of aryl methyl sites for hydroxylation is 1. The second kappa shape index (κ2) is 7.18. The van der Waals surface area contributed by atoms with Gasteiger partial charge in [0.25, 0.3) is 0 Å². The van der Waals surface area contributed by atoms with Gasteiger partial charge in [-0.05, 0) is 44.7 Å². The van der Waals surface area contributed by atoms with Gasteiger partial charge in [0.2, 0.25) is 5.91 Å². The summed E-state index contributed by atoms with van der Waals surface area (Å²) in [7, 11) is 0. The highest BCUT2D eigenvalue weighted by atomic mass is 16.3. The van der Waals surface area contributed by atoms with Crippen LogP contribution in [-0.2, 0) is 11.2 Å². The Morgan fingerprint density at radius 2 is 1.88 bits per heavy atom. The van der Waals surface area contributed by atoms with Crippen molar-refractivity contribution in [3.05, 3.63) is 47.3 Å². The molecular weight excluding hydrogens is 302 g/mol. The average Bonchev–Trinajstić information content (AvgIpc) is 2.90. The van der Waals surface area contributed by atoms with Gasteiger partial charge in [0, 0.05) is 31.0 Å². The Kier molecular flexibility index (Phi) is 5.00. The first-order chi connectivity index (χ1) is 11.6. The third-order valence-corrected chi connectivity index (χ3v) is 5.00. The molecule has 1 fully saturated rings. The molecule has 1 aromatic carbocycles. The molecule has 1 aromatic heterocycles. The third kappa shape index (κ3) is 3.36. The van der Waals surface area contributed by atoms with Gasteiger partial charge in [0.15, 0.2) is 0 Å². The summed E-state index contributed by atoms with van der Waals surface area (Å²) in [6.45, 7) is 5.70. The van der Waals surface area contributed by atoms with E-state index in [1.54, 1.807) is 0 Å². The van der Waals surface area contributed by atoms with Crippen molar-refractivity contribution in [3.63, 3.8) is 0 Å². The molecular formula is C19H25N3O2. The maximum Gasteiger partial charge on any atom is 0.227 e. The van der Waals surface area contributed by atoms with Crippen LogP contribution in [0.4, 0.5) is 0 Å². The van der Waals surface area contributed by atoms with E-state index in [2.05, 4.69) is 5.10 Å². The lowest BCUT2D eigenvalue weighted by Crippen LogP contribution is -2.40. The van der Waals surface area contributed by atoms with Gasteiger partial charge >= 0.3 is 0 Å². The summed E-state index contributed by atoms with van der Waals surface area (Å²) in [6.07, 6.45) is 2.18. The quantitative estimate of drug-likeness (QED) is 0.937. The molecule has 128 valence electrons. The number of aliphatic hydroxyl groups excluding tert-OH is 1. The molecule has 1 aliphatic rings. The number of likely N-dealkylation sites (tertiary alicyclic amines) is 1. The SMILES string of the molecule is Cc1nn(-c2ccccc2)c(C)c1CC(=O)N1CCC(CO)CC1. The molecule has 0 spiro atoms. The molecule has 3 rings (SSSR count). The van der Waals surface area contributed by atoms with Crippen molar-refractivity contribution < 1.29 is 9.90 Å². The molecule has 2 aromatic rings. The summed E-state index contributed by atoms with van der Waals surface area (Å²) in [4.78, 5) is 14.6. The number of hydrogen-bond acceptors (Lipinski definition) is 3. The molecule has 0 unspecified atom stereocenters. The van der Waals surface area contributed by atoms with Crippen LogP contribution in [-0.4, -0.2) is 45.4 Å². The molecule has 1 aliphatic heterocycles. The highest BCUT2D eigenvalue weighted by molar-refractivity contribution is 5.79. The number of hydrogen-bond donors (Lipinski definition) is 1. The number of aromatic nitrogens is 2. The number of para-hydroxylation sites is 1. The number of benzene rings is 1. The van der Waals surface area contributed by atoms with E-state index in [0.29, 0.717) is 12.3 Å². The lowest BCUT2D eigenvalue weighted by molar-refractivity contribution is -0.132. The fraction of sp³-hybridized carbons (Fsp3) is 0.474. The van der Waals surface area contributed by atoms with Crippen LogP contribution in [0.3, 0.4) is 0 Å². The molecule has 5 nitrogen and oxygen atoms in total. The van der Waals surface area contributed by atoms with Gasteiger partial charge in [-0.25, -0.2) is 4.68 Å². The number of nitrogens with zero attached hydrogens (tertiary/aromatic N) is 3. The van der Waals surface area contributed by atoms with Gasteiger partial charge in [-0.3, -0.25) is 4.79 Å². The number of carbonyl (C=O) groups excluding carboxylic acids is 1. The maximum absolute atomic E-state index is 12.6. The Balaban J connectivity index is 1.74. The van der Waals surface area contributed by atoms with E-state index >= 15 is 0 Å². The zero-order valence-electron chi connectivity index (χ0n) is 14.4. The van der Waals surface area contributed by atoms with Crippen molar-refractivity contribution in [2.75, 3.05) is 19.7 Å². The van der Waals surface area contributed by atoms with Gasteiger partial charge in [0.1, 0.15) is 0 Å². The Hall–Kier alpha value is -2.14. The van der Waals surface area contributed by atoms with E-state index in [1.807, 2.05) is 53.8 Å². The molecule has 0 atom stereocenters. The van der Waals surface area contributed by atoms with Crippen LogP contribution in [0, 0.1) is 19.8 Å². The molecule has 0 radical (unpaired) electrons. The third-order valence-electron chi connectivity index (χ3n) is 5.00. The number of rotatable bonds is 4. The highest BCUT2D eigenvalue weighted by Gasteiger charge is 2.24. The first-order valence-corrected chi connectivity index (χ1v) is 8.59. The highest BCUT2D eigenvalue weighted by Crippen LogP contribution is 2.21. The van der Waals surface area contributed by atoms with Crippen molar-refractivity contribution in [2.24, 2.45) is 5.92 Å². The standard InChI is InChI=1S/C19H25N3O2/c1-14-18(12-19(24)21-10-8-16(13-23)9-11-21)15(2)22(20-14)17-6-4-3-5-7-17/h3-7,16,23H,8-13H2,1-2H3. The van der Waals surface area contributed by atoms with Gasteiger partial charge in [-0.1, -0.05) is 18.2 Å². The van der Waals surface area contributed by atoms with Crippen molar-refractivity contribution in [1.82, 2.24) is 14.7 Å². The summed E-state index contributed by atoms with van der Waals surface area (Å²) >= 11 is 0. The maximum atomic E-state index is 12.6. The molecule has 0 saturated carbocycles. The molecule has 2 heterocycles. The number of piperidine rings is 1. The average molecular weight is 327 g/mol. The number of amides is 1. The molecule has 0 bridgehead atoms. The minimum Gasteiger partial charge on any atom is -0.396 e. The molecule has 1 N–H and O–H groups in total. The second-order valence-corrected chi connectivity index (χ2v) is 6.58. The van der Waals surface area contributed by atoms with Crippen molar-refractivity contribution in [3.8, 4) is 5.69 Å². The Morgan fingerprint density at radius 1 is 1.21 bits per heavy atom. The summed E-state index contributed by atoms with van der Waals surface area (Å²) in [5, 5.41) is 13.8. The number of aliphatic hydroxyl groups is 1. The fourth-order valence-electron chi connectivity index (χ4n) is 3.38. The predicted molar refractivity (Wildman–Crippen MR) is 93.1 cm³/mol. The van der Waals surface area contributed by atoms with Crippen molar-refractivity contribution in [2.45, 2.75) is 33.1 Å². The normalized spacial score (nSPS) is 15.7. The summed E-state index contributed by atoms with van der Waals surface area (Å²) in [5.41, 5.74) is 3.97. The van der Waals surface area contributed by atoms with E-state index in [4.69, 9.17) is 0 Å². The largest absolute Gasteiger partial charge is 0.396 e. The van der Waals surface area contributed by atoms with Gasteiger partial charge in [0.05, 0.1) is 17.8 Å². The molecule has 1 saturated heterocycles. The van der Waals surface area contributed by atoms with Crippen LogP contribution >= 0.6 is 0 Å². The van der Waals surface area contributed by atoms with Crippen LogP contribution in [0.1, 0.15) is 29.8 Å². The Bertz CT molecular complexity index is 701. The van der Waals surface area contributed by atoms with E-state index in [1.165, 1.54) is 0 Å². The zero-order valence-corrected chi connectivity index (χ0v) is 14.4. The summed E-state index contributed by atoms with van der Waals surface area (Å²) in [6, 6.07) is 9.99. The second-order valence-electron chi connectivity index (χ2n) is 6.58. The lowest BCUT2D eigenvalue weighted by atomic mass is 9.97. The van der Waals surface area contributed by atoms with Crippen molar-refractivity contribution in [1.29, 1.82) is 0 Å². The first-order valence-electron chi connectivity index (χ1n) is 8.59. The van der Waals surface area contributed by atoms with E-state index in [0.717, 1.165) is 48.6 Å². The number of carbonyl (C=O) groups is 1. The van der Waals surface area contributed by atoms with Crippen molar-refractivity contribution >= 4 is 5.91 Å². The monoisotopic (exact) mass is 327 g/mol. The smallest absolute Gasteiger partial charge is 0.227 e. The topological polar surface area (TPSA) is 58.4 Å². The molecule has 24 heavy (non-hydrogen) atoms. The van der Waals surface area contributed by atoms with Crippen LogP contribution in [0.25, 0.3) is 5.69 Å². The van der Waals surface area contributed by atoms with Crippen LogP contribution in [0.15, 0.2) is 30.3 Å². The van der Waals surface area contributed by atoms with Gasteiger partial charge in [-0.2, -0.15) is 5.10 Å². The van der Waals surface area contributed by atoms with Crippen LogP contribution < -0.4 is 0 Å². The predicted octanol–water partition coefficient (Wildman–Crippen LogP) is 2.26. The van der Waals surface area contributed by atoms with E-state index in [9.17, 15) is 9.90 Å².